The SMILES string of the molecule is COc1cc(CNC(=O)c2cc3cncnc3s2)ccn1. The summed E-state index contributed by atoms with van der Waals surface area (Å²) >= 11 is 1.35. The number of carbonyl (C=O) groups excluding carboxylic acids is 1. The molecule has 0 atom stereocenters. The van der Waals surface area contributed by atoms with Gasteiger partial charge in [-0.25, -0.2) is 15.0 Å². The molecule has 1 amide bonds. The molecule has 0 bridgehead atoms. The van der Waals surface area contributed by atoms with Crippen LogP contribution >= 0.6 is 11.3 Å². The molecule has 21 heavy (non-hydrogen) atoms. The number of hydrogen-bond acceptors (Lipinski definition) is 6. The van der Waals surface area contributed by atoms with E-state index in [9.17, 15) is 4.79 Å². The lowest BCUT2D eigenvalue weighted by atomic mass is 10.2. The minimum atomic E-state index is -0.131. The van der Waals surface area contributed by atoms with E-state index in [4.69, 9.17) is 4.74 Å². The Morgan fingerprint density at radius 3 is 3.10 bits per heavy atom. The Kier molecular flexibility index (Phi) is 3.74. The van der Waals surface area contributed by atoms with Crippen LogP contribution in [-0.4, -0.2) is 28.0 Å². The van der Waals surface area contributed by atoms with Crippen LogP contribution in [0.2, 0.25) is 0 Å². The van der Waals surface area contributed by atoms with Gasteiger partial charge < -0.3 is 10.1 Å². The summed E-state index contributed by atoms with van der Waals surface area (Å²) in [6.07, 6.45) is 4.82. The summed E-state index contributed by atoms with van der Waals surface area (Å²) < 4.78 is 5.05. The second-order valence-corrected chi connectivity index (χ2v) is 5.31. The number of pyridine rings is 1. The van der Waals surface area contributed by atoms with Crippen molar-refractivity contribution in [2.75, 3.05) is 7.11 Å². The molecule has 3 aromatic heterocycles. The molecule has 3 aromatic rings. The maximum atomic E-state index is 12.1. The van der Waals surface area contributed by atoms with Gasteiger partial charge in [-0.15, -0.1) is 11.3 Å². The average molecular weight is 300 g/mol. The summed E-state index contributed by atoms with van der Waals surface area (Å²) in [6.45, 7) is 0.414. The summed E-state index contributed by atoms with van der Waals surface area (Å²) in [5.41, 5.74) is 0.927. The van der Waals surface area contributed by atoms with Gasteiger partial charge >= 0.3 is 0 Å². The van der Waals surface area contributed by atoms with Crippen molar-refractivity contribution in [3.05, 3.63) is 47.4 Å². The molecule has 0 saturated carbocycles. The first kappa shape index (κ1) is 13.4. The van der Waals surface area contributed by atoms with Crippen molar-refractivity contribution >= 4 is 27.5 Å². The molecule has 3 rings (SSSR count). The van der Waals surface area contributed by atoms with E-state index in [0.717, 1.165) is 15.8 Å². The highest BCUT2D eigenvalue weighted by Gasteiger charge is 2.10. The standard InChI is InChI=1S/C14H12N4O2S/c1-20-12-4-9(2-3-16-12)6-17-13(19)11-5-10-7-15-8-18-14(10)21-11/h2-5,7-8H,6H2,1H3,(H,17,19). The van der Waals surface area contributed by atoms with E-state index in [1.807, 2.05) is 6.07 Å². The van der Waals surface area contributed by atoms with E-state index >= 15 is 0 Å². The molecule has 0 fully saturated rings. The number of nitrogens with zero attached hydrogens (tertiary/aromatic N) is 3. The largest absolute Gasteiger partial charge is 0.481 e. The van der Waals surface area contributed by atoms with E-state index < -0.39 is 0 Å². The van der Waals surface area contributed by atoms with Gasteiger partial charge in [-0.1, -0.05) is 0 Å². The van der Waals surface area contributed by atoms with Crippen LogP contribution in [0.3, 0.4) is 0 Å². The normalized spacial score (nSPS) is 10.5. The molecule has 3 heterocycles. The minimum absolute atomic E-state index is 0.131. The Morgan fingerprint density at radius 2 is 2.29 bits per heavy atom. The van der Waals surface area contributed by atoms with Crippen LogP contribution in [0.1, 0.15) is 15.2 Å². The number of nitrogens with one attached hydrogen (secondary N) is 1. The van der Waals surface area contributed by atoms with Crippen molar-refractivity contribution in [3.63, 3.8) is 0 Å². The Hall–Kier alpha value is -2.54. The summed E-state index contributed by atoms with van der Waals surface area (Å²) in [5, 5.41) is 3.74. The van der Waals surface area contributed by atoms with Crippen molar-refractivity contribution in [3.8, 4) is 5.88 Å². The van der Waals surface area contributed by atoms with E-state index in [1.54, 1.807) is 31.6 Å². The van der Waals surface area contributed by atoms with Gasteiger partial charge in [0.2, 0.25) is 5.88 Å². The highest BCUT2D eigenvalue weighted by molar-refractivity contribution is 7.20. The second kappa shape index (κ2) is 5.84. The molecule has 0 radical (unpaired) electrons. The number of carbonyl (C=O) groups is 1. The molecule has 0 aliphatic rings. The van der Waals surface area contributed by atoms with Crippen molar-refractivity contribution in [1.82, 2.24) is 20.3 Å². The zero-order chi connectivity index (χ0) is 14.7. The van der Waals surface area contributed by atoms with E-state index in [2.05, 4.69) is 20.3 Å². The first-order valence-corrected chi connectivity index (χ1v) is 7.04. The lowest BCUT2D eigenvalue weighted by molar-refractivity contribution is 0.0955. The fraction of sp³-hybridized carbons (Fsp3) is 0.143. The number of hydrogen-bond donors (Lipinski definition) is 1. The molecule has 106 valence electrons. The number of methoxy groups -OCH3 is 1. The predicted molar refractivity (Wildman–Crippen MR) is 79.4 cm³/mol. The maximum Gasteiger partial charge on any atom is 0.261 e. The molecule has 0 unspecified atom stereocenters. The third-order valence-electron chi connectivity index (χ3n) is 2.88. The first-order valence-electron chi connectivity index (χ1n) is 6.23. The fourth-order valence-corrected chi connectivity index (χ4v) is 2.73. The van der Waals surface area contributed by atoms with Crippen LogP contribution in [0.5, 0.6) is 5.88 Å². The molecular formula is C14H12N4O2S. The van der Waals surface area contributed by atoms with Gasteiger partial charge in [-0.05, 0) is 17.7 Å². The maximum absolute atomic E-state index is 12.1. The molecule has 6 nitrogen and oxygen atoms in total. The Balaban J connectivity index is 1.71. The third-order valence-corrected chi connectivity index (χ3v) is 3.94. The van der Waals surface area contributed by atoms with Crippen molar-refractivity contribution in [2.45, 2.75) is 6.54 Å². The number of rotatable bonds is 4. The Bertz CT molecular complexity index is 754. The van der Waals surface area contributed by atoms with Crippen LogP contribution in [-0.2, 0) is 6.54 Å². The van der Waals surface area contributed by atoms with Crippen LogP contribution < -0.4 is 10.1 Å². The summed E-state index contributed by atoms with van der Waals surface area (Å²) in [6, 6.07) is 5.42. The summed E-state index contributed by atoms with van der Waals surface area (Å²) in [4.78, 5) is 25.7. The number of ether oxygens (including phenoxy) is 1. The molecule has 1 N–H and O–H groups in total. The van der Waals surface area contributed by atoms with Crippen LogP contribution in [0.4, 0.5) is 0 Å². The molecule has 7 heteroatoms. The number of aromatic nitrogens is 3. The molecular weight excluding hydrogens is 288 g/mol. The van der Waals surface area contributed by atoms with Crippen LogP contribution in [0.25, 0.3) is 10.2 Å². The van der Waals surface area contributed by atoms with Crippen LogP contribution in [0.15, 0.2) is 36.9 Å². The molecule has 0 aliphatic carbocycles. The smallest absolute Gasteiger partial charge is 0.261 e. The molecule has 0 saturated heterocycles. The monoisotopic (exact) mass is 300 g/mol. The topological polar surface area (TPSA) is 77.0 Å². The van der Waals surface area contributed by atoms with Gasteiger partial charge in [0.15, 0.2) is 0 Å². The van der Waals surface area contributed by atoms with Gasteiger partial charge in [-0.2, -0.15) is 0 Å². The highest BCUT2D eigenvalue weighted by Crippen LogP contribution is 2.22. The lowest BCUT2D eigenvalue weighted by Crippen LogP contribution is -2.21. The van der Waals surface area contributed by atoms with Crippen LogP contribution in [0, 0.1) is 0 Å². The lowest BCUT2D eigenvalue weighted by Gasteiger charge is -2.05. The van der Waals surface area contributed by atoms with E-state index in [-0.39, 0.29) is 5.91 Å². The van der Waals surface area contributed by atoms with Crippen molar-refractivity contribution in [2.24, 2.45) is 0 Å². The highest BCUT2D eigenvalue weighted by atomic mass is 32.1. The first-order chi connectivity index (χ1) is 10.3. The Morgan fingerprint density at radius 1 is 1.38 bits per heavy atom. The average Bonchev–Trinajstić information content (AvgIpc) is 2.97. The van der Waals surface area contributed by atoms with Gasteiger partial charge in [0.25, 0.3) is 5.91 Å². The van der Waals surface area contributed by atoms with E-state index in [1.165, 1.54) is 17.7 Å². The molecule has 0 aromatic carbocycles. The minimum Gasteiger partial charge on any atom is -0.481 e. The van der Waals surface area contributed by atoms with Gasteiger partial charge in [-0.3, -0.25) is 4.79 Å². The van der Waals surface area contributed by atoms with Gasteiger partial charge in [0.05, 0.1) is 12.0 Å². The number of fused-ring (bicyclic) bond motifs is 1. The number of amides is 1. The third kappa shape index (κ3) is 2.97. The predicted octanol–water partition coefficient (Wildman–Crippen LogP) is 2.02. The van der Waals surface area contributed by atoms with Gasteiger partial charge in [0.1, 0.15) is 11.2 Å². The van der Waals surface area contributed by atoms with Crippen molar-refractivity contribution in [1.29, 1.82) is 0 Å². The summed E-state index contributed by atoms with van der Waals surface area (Å²) in [7, 11) is 1.56. The quantitative estimate of drug-likeness (QED) is 0.797. The van der Waals surface area contributed by atoms with Gasteiger partial charge in [0, 0.05) is 30.4 Å². The Labute approximate surface area is 124 Å². The summed E-state index contributed by atoms with van der Waals surface area (Å²) in [5.74, 6) is 0.396. The molecule has 0 spiro atoms. The zero-order valence-corrected chi connectivity index (χ0v) is 12.1. The fourth-order valence-electron chi connectivity index (χ4n) is 1.84. The van der Waals surface area contributed by atoms with Crippen molar-refractivity contribution < 1.29 is 9.53 Å². The van der Waals surface area contributed by atoms with E-state index in [0.29, 0.717) is 17.3 Å². The second-order valence-electron chi connectivity index (χ2n) is 4.28. The number of thiophene rings is 1. The molecule has 0 aliphatic heterocycles. The zero-order valence-electron chi connectivity index (χ0n) is 11.2.